The lowest BCUT2D eigenvalue weighted by atomic mass is 9.98. The minimum Gasteiger partial charge on any atom is -0.403 e. The highest BCUT2D eigenvalue weighted by atomic mass is 14.6. The minimum atomic E-state index is 0.648. The van der Waals surface area contributed by atoms with Crippen molar-refractivity contribution >= 4 is 5.70 Å². The van der Waals surface area contributed by atoms with E-state index in [-0.39, 0.29) is 0 Å². The maximum absolute atomic E-state index is 5.78. The van der Waals surface area contributed by atoms with E-state index in [0.29, 0.717) is 5.70 Å². The van der Waals surface area contributed by atoms with E-state index in [4.69, 9.17) is 11.5 Å². The first-order chi connectivity index (χ1) is 6.06. The van der Waals surface area contributed by atoms with E-state index < -0.39 is 0 Å². The van der Waals surface area contributed by atoms with Gasteiger partial charge in [-0.1, -0.05) is 17.7 Å². The van der Waals surface area contributed by atoms with Crippen LogP contribution < -0.4 is 11.5 Å². The molecule has 0 saturated carbocycles. The Kier molecular flexibility index (Phi) is 2.61. The van der Waals surface area contributed by atoms with E-state index in [1.54, 1.807) is 0 Å². The lowest BCUT2D eigenvalue weighted by molar-refractivity contribution is 1.27. The zero-order valence-corrected chi connectivity index (χ0v) is 8.39. The Morgan fingerprint density at radius 2 is 1.62 bits per heavy atom. The molecule has 1 rings (SSSR count). The second-order valence-corrected chi connectivity index (χ2v) is 3.40. The average molecular weight is 176 g/mol. The normalized spacial score (nSPS) is 11.8. The summed E-state index contributed by atoms with van der Waals surface area (Å²) < 4.78 is 0. The standard InChI is InChI=1S/C11H16N2/c1-7-4-8(2)11(9(3)5-7)10(13)6-12/h4-6H,12-13H2,1-3H3/b10-6+. The van der Waals surface area contributed by atoms with Gasteiger partial charge in [0.05, 0.1) is 5.70 Å². The zero-order chi connectivity index (χ0) is 10.0. The maximum Gasteiger partial charge on any atom is 0.0550 e. The summed E-state index contributed by atoms with van der Waals surface area (Å²) in [4.78, 5) is 0. The number of rotatable bonds is 1. The Balaban J connectivity index is 3.37. The number of hydrogen-bond donors (Lipinski definition) is 2. The summed E-state index contributed by atoms with van der Waals surface area (Å²) in [6.45, 7) is 6.17. The Morgan fingerprint density at radius 1 is 1.15 bits per heavy atom. The van der Waals surface area contributed by atoms with Crippen molar-refractivity contribution < 1.29 is 0 Å². The lowest BCUT2D eigenvalue weighted by Crippen LogP contribution is -2.04. The van der Waals surface area contributed by atoms with Crippen LogP contribution in [0, 0.1) is 20.8 Å². The molecule has 0 fully saturated rings. The molecule has 0 heterocycles. The molecule has 0 aliphatic rings. The second-order valence-electron chi connectivity index (χ2n) is 3.40. The smallest absolute Gasteiger partial charge is 0.0550 e. The lowest BCUT2D eigenvalue weighted by Gasteiger charge is -2.10. The summed E-state index contributed by atoms with van der Waals surface area (Å²) in [5, 5.41) is 0. The van der Waals surface area contributed by atoms with E-state index in [1.807, 2.05) is 13.8 Å². The predicted octanol–water partition coefficient (Wildman–Crippen LogP) is 1.83. The first-order valence-corrected chi connectivity index (χ1v) is 4.32. The van der Waals surface area contributed by atoms with Gasteiger partial charge in [-0.15, -0.1) is 0 Å². The first-order valence-electron chi connectivity index (χ1n) is 4.32. The minimum absolute atomic E-state index is 0.648. The Morgan fingerprint density at radius 3 is 2.00 bits per heavy atom. The van der Waals surface area contributed by atoms with Gasteiger partial charge in [0.2, 0.25) is 0 Å². The monoisotopic (exact) mass is 176 g/mol. The van der Waals surface area contributed by atoms with Crippen LogP contribution in [-0.2, 0) is 0 Å². The Hall–Kier alpha value is -1.44. The van der Waals surface area contributed by atoms with Crippen LogP contribution in [0.15, 0.2) is 18.3 Å². The summed E-state index contributed by atoms with van der Waals surface area (Å²) in [5.41, 5.74) is 16.5. The molecule has 70 valence electrons. The highest BCUT2D eigenvalue weighted by molar-refractivity contribution is 5.68. The van der Waals surface area contributed by atoms with Gasteiger partial charge in [-0.2, -0.15) is 0 Å². The van der Waals surface area contributed by atoms with Crippen molar-refractivity contribution in [3.05, 3.63) is 40.6 Å². The molecule has 2 heteroatoms. The molecule has 0 aliphatic heterocycles. The van der Waals surface area contributed by atoms with Crippen molar-refractivity contribution in [1.29, 1.82) is 0 Å². The zero-order valence-electron chi connectivity index (χ0n) is 8.39. The fraction of sp³-hybridized carbons (Fsp3) is 0.273. The molecule has 0 saturated heterocycles. The molecule has 0 amide bonds. The van der Waals surface area contributed by atoms with Crippen molar-refractivity contribution in [3.8, 4) is 0 Å². The van der Waals surface area contributed by atoms with Crippen LogP contribution in [0.5, 0.6) is 0 Å². The van der Waals surface area contributed by atoms with Crippen molar-refractivity contribution in [2.24, 2.45) is 11.5 Å². The molecule has 0 aromatic heterocycles. The summed E-state index contributed by atoms with van der Waals surface area (Å²) in [5.74, 6) is 0. The quantitative estimate of drug-likeness (QED) is 0.685. The van der Waals surface area contributed by atoms with Crippen LogP contribution in [0.4, 0.5) is 0 Å². The molecular formula is C11H16N2. The van der Waals surface area contributed by atoms with E-state index in [1.165, 1.54) is 22.9 Å². The molecule has 0 atom stereocenters. The number of nitrogens with two attached hydrogens (primary N) is 2. The van der Waals surface area contributed by atoms with Crippen molar-refractivity contribution in [3.63, 3.8) is 0 Å². The Labute approximate surface area is 79.2 Å². The third-order valence-electron chi connectivity index (χ3n) is 2.15. The SMILES string of the molecule is Cc1cc(C)c(/C(N)=C\N)c(C)c1. The third kappa shape index (κ3) is 1.83. The highest BCUT2D eigenvalue weighted by Gasteiger charge is 2.05. The van der Waals surface area contributed by atoms with Crippen molar-refractivity contribution in [2.45, 2.75) is 20.8 Å². The highest BCUT2D eigenvalue weighted by Crippen LogP contribution is 2.20. The fourth-order valence-electron chi connectivity index (χ4n) is 1.72. The number of aryl methyl sites for hydroxylation is 3. The van der Waals surface area contributed by atoms with Crippen LogP contribution in [0.3, 0.4) is 0 Å². The van der Waals surface area contributed by atoms with Crippen molar-refractivity contribution in [1.82, 2.24) is 0 Å². The Bertz CT molecular complexity index is 328. The summed E-state index contributed by atoms with van der Waals surface area (Å²) in [6, 6.07) is 4.22. The molecule has 4 N–H and O–H groups in total. The predicted molar refractivity (Wildman–Crippen MR) is 57.0 cm³/mol. The third-order valence-corrected chi connectivity index (χ3v) is 2.15. The van der Waals surface area contributed by atoms with Crippen molar-refractivity contribution in [2.75, 3.05) is 0 Å². The maximum atomic E-state index is 5.78. The summed E-state index contributed by atoms with van der Waals surface area (Å²) in [6.07, 6.45) is 1.45. The first kappa shape index (κ1) is 9.65. The van der Waals surface area contributed by atoms with Crippen LogP contribution in [0.25, 0.3) is 5.70 Å². The van der Waals surface area contributed by atoms with E-state index in [2.05, 4.69) is 19.1 Å². The van der Waals surface area contributed by atoms with Gasteiger partial charge in [0, 0.05) is 11.8 Å². The van der Waals surface area contributed by atoms with Gasteiger partial charge in [0.1, 0.15) is 0 Å². The van der Waals surface area contributed by atoms with Crippen LogP contribution >= 0.6 is 0 Å². The topological polar surface area (TPSA) is 52.0 Å². The molecule has 0 spiro atoms. The van der Waals surface area contributed by atoms with Gasteiger partial charge >= 0.3 is 0 Å². The van der Waals surface area contributed by atoms with Crippen LogP contribution in [0.2, 0.25) is 0 Å². The van der Waals surface area contributed by atoms with Gasteiger partial charge in [-0.25, -0.2) is 0 Å². The van der Waals surface area contributed by atoms with Gasteiger partial charge in [0.15, 0.2) is 0 Å². The largest absolute Gasteiger partial charge is 0.403 e. The van der Waals surface area contributed by atoms with E-state index in [0.717, 1.165) is 5.56 Å². The second kappa shape index (κ2) is 3.52. The summed E-state index contributed by atoms with van der Waals surface area (Å²) in [7, 11) is 0. The van der Waals surface area contributed by atoms with Crippen LogP contribution in [-0.4, -0.2) is 0 Å². The molecule has 2 nitrogen and oxygen atoms in total. The fourth-order valence-corrected chi connectivity index (χ4v) is 1.72. The number of hydrogen-bond acceptors (Lipinski definition) is 2. The van der Waals surface area contributed by atoms with Gasteiger partial charge < -0.3 is 11.5 Å². The number of benzene rings is 1. The van der Waals surface area contributed by atoms with E-state index in [9.17, 15) is 0 Å². The van der Waals surface area contributed by atoms with Gasteiger partial charge in [0.25, 0.3) is 0 Å². The average Bonchev–Trinajstić information content (AvgIpc) is 2.02. The molecule has 0 aliphatic carbocycles. The van der Waals surface area contributed by atoms with Gasteiger partial charge in [-0.05, 0) is 31.9 Å². The van der Waals surface area contributed by atoms with Crippen LogP contribution in [0.1, 0.15) is 22.3 Å². The molecule has 13 heavy (non-hydrogen) atoms. The molecule has 1 aromatic rings. The molecule has 0 bridgehead atoms. The van der Waals surface area contributed by atoms with E-state index >= 15 is 0 Å². The molecule has 0 unspecified atom stereocenters. The molecular weight excluding hydrogens is 160 g/mol. The molecule has 1 aromatic carbocycles. The van der Waals surface area contributed by atoms with Gasteiger partial charge in [-0.3, -0.25) is 0 Å². The molecule has 0 radical (unpaired) electrons. The summed E-state index contributed by atoms with van der Waals surface area (Å²) >= 11 is 0.